The Hall–Kier alpha value is -5.51. The number of aliphatic imine (C=N–C) groups is 2. The fourth-order valence-corrected chi connectivity index (χ4v) is 3.20. The van der Waals surface area contributed by atoms with Crippen LogP contribution in [0.15, 0.2) is 107 Å². The first-order valence-corrected chi connectivity index (χ1v) is 11.0. The molecule has 0 bridgehead atoms. The molecule has 0 aliphatic rings. The Balaban J connectivity index is 1.33. The summed E-state index contributed by atoms with van der Waals surface area (Å²) in [4.78, 5) is 41.8. The van der Waals surface area contributed by atoms with Gasteiger partial charge >= 0.3 is 0 Å². The van der Waals surface area contributed by atoms with Crippen LogP contribution in [0.25, 0.3) is 0 Å². The van der Waals surface area contributed by atoms with E-state index in [1.165, 1.54) is 24.3 Å². The second kappa shape index (κ2) is 11.3. The Morgan fingerprint density at radius 1 is 0.622 bits per heavy atom. The van der Waals surface area contributed by atoms with E-state index in [4.69, 9.17) is 0 Å². The smallest absolute Gasteiger partial charge is 0.269 e. The minimum Gasteiger partial charge on any atom is -0.322 e. The molecule has 0 spiro atoms. The van der Waals surface area contributed by atoms with Gasteiger partial charge in [-0.1, -0.05) is 0 Å². The highest BCUT2D eigenvalue weighted by Gasteiger charge is 2.07. The summed E-state index contributed by atoms with van der Waals surface area (Å²) in [6.07, 6.45) is 3.19. The molecule has 10 heteroatoms. The van der Waals surface area contributed by atoms with Crippen LogP contribution < -0.4 is 5.32 Å². The highest BCUT2D eigenvalue weighted by atomic mass is 16.6. The van der Waals surface area contributed by atoms with Crippen molar-refractivity contribution in [1.29, 1.82) is 0 Å². The van der Waals surface area contributed by atoms with Gasteiger partial charge in [-0.05, 0) is 83.9 Å². The molecule has 4 aromatic carbocycles. The van der Waals surface area contributed by atoms with Gasteiger partial charge in [-0.15, -0.1) is 0 Å². The van der Waals surface area contributed by atoms with E-state index in [1.54, 1.807) is 85.2 Å². The number of carbonyl (C=O) groups is 1. The number of non-ortho nitro benzene ring substituents is 2. The van der Waals surface area contributed by atoms with Crippen LogP contribution in [0.4, 0.5) is 28.4 Å². The molecule has 182 valence electrons. The third-order valence-electron chi connectivity index (χ3n) is 5.19. The first kappa shape index (κ1) is 24.6. The average Bonchev–Trinajstić information content (AvgIpc) is 2.92. The Morgan fingerprint density at radius 3 is 1.43 bits per heavy atom. The number of nitro benzene ring substituents is 2. The minimum absolute atomic E-state index is 0.0112. The molecule has 0 aliphatic carbocycles. The first-order chi connectivity index (χ1) is 17.9. The quantitative estimate of drug-likeness (QED) is 0.175. The van der Waals surface area contributed by atoms with Crippen molar-refractivity contribution in [3.63, 3.8) is 0 Å². The van der Waals surface area contributed by atoms with Gasteiger partial charge in [0, 0.05) is 47.9 Å². The average molecular weight is 493 g/mol. The number of hydrogen-bond donors (Lipinski definition) is 1. The van der Waals surface area contributed by atoms with Crippen molar-refractivity contribution in [2.45, 2.75) is 0 Å². The zero-order valence-corrected chi connectivity index (χ0v) is 19.2. The maximum absolute atomic E-state index is 12.6. The number of nitrogens with one attached hydrogen (secondary N) is 1. The molecule has 10 nitrogen and oxygen atoms in total. The monoisotopic (exact) mass is 493 g/mol. The number of nitro groups is 2. The third-order valence-corrected chi connectivity index (χ3v) is 5.19. The zero-order valence-electron chi connectivity index (χ0n) is 19.2. The summed E-state index contributed by atoms with van der Waals surface area (Å²) < 4.78 is 0. The van der Waals surface area contributed by atoms with Gasteiger partial charge in [0.2, 0.25) is 0 Å². The van der Waals surface area contributed by atoms with E-state index in [9.17, 15) is 25.0 Å². The predicted molar refractivity (Wildman–Crippen MR) is 142 cm³/mol. The highest BCUT2D eigenvalue weighted by Crippen LogP contribution is 2.19. The van der Waals surface area contributed by atoms with E-state index >= 15 is 0 Å². The van der Waals surface area contributed by atoms with E-state index in [0.29, 0.717) is 28.2 Å². The topological polar surface area (TPSA) is 140 Å². The summed E-state index contributed by atoms with van der Waals surface area (Å²) in [5.41, 5.74) is 3.81. The molecule has 4 rings (SSSR count). The summed E-state index contributed by atoms with van der Waals surface area (Å²) in [5, 5.41) is 24.3. The molecule has 0 saturated carbocycles. The summed E-state index contributed by atoms with van der Waals surface area (Å²) in [6, 6.07) is 25.7. The molecule has 1 amide bonds. The molecule has 0 aliphatic heterocycles. The van der Waals surface area contributed by atoms with Crippen molar-refractivity contribution in [2.24, 2.45) is 9.98 Å². The third kappa shape index (κ3) is 6.76. The lowest BCUT2D eigenvalue weighted by Crippen LogP contribution is -2.11. The summed E-state index contributed by atoms with van der Waals surface area (Å²) in [5.74, 6) is -0.284. The van der Waals surface area contributed by atoms with Gasteiger partial charge in [0.05, 0.1) is 21.2 Å². The van der Waals surface area contributed by atoms with Gasteiger partial charge in [-0.25, -0.2) is 0 Å². The summed E-state index contributed by atoms with van der Waals surface area (Å²) in [7, 11) is 0. The van der Waals surface area contributed by atoms with E-state index in [0.717, 1.165) is 5.56 Å². The van der Waals surface area contributed by atoms with Crippen molar-refractivity contribution in [1.82, 2.24) is 0 Å². The van der Waals surface area contributed by atoms with Crippen LogP contribution in [0.2, 0.25) is 0 Å². The second-order valence-corrected chi connectivity index (χ2v) is 7.76. The molecule has 0 fully saturated rings. The van der Waals surface area contributed by atoms with Crippen molar-refractivity contribution in [2.75, 3.05) is 5.32 Å². The number of nitrogens with zero attached hydrogens (tertiary/aromatic N) is 4. The molecular formula is C27H19N5O5. The molecule has 0 heterocycles. The Morgan fingerprint density at radius 2 is 1.03 bits per heavy atom. The minimum atomic E-state index is -0.461. The number of amides is 1. The molecule has 4 aromatic rings. The maximum Gasteiger partial charge on any atom is 0.269 e. The Kier molecular flexibility index (Phi) is 7.50. The largest absolute Gasteiger partial charge is 0.322 e. The normalized spacial score (nSPS) is 11.0. The lowest BCUT2D eigenvalue weighted by molar-refractivity contribution is -0.385. The van der Waals surface area contributed by atoms with E-state index in [-0.39, 0.29) is 17.3 Å². The van der Waals surface area contributed by atoms with E-state index in [1.807, 2.05) is 0 Å². The first-order valence-electron chi connectivity index (χ1n) is 11.0. The maximum atomic E-state index is 12.6. The van der Waals surface area contributed by atoms with Gasteiger partial charge in [0.1, 0.15) is 0 Å². The van der Waals surface area contributed by atoms with Gasteiger partial charge in [-0.2, -0.15) is 0 Å². The Bertz CT molecular complexity index is 1480. The lowest BCUT2D eigenvalue weighted by atomic mass is 10.2. The number of benzene rings is 4. The SMILES string of the molecule is O=C(Nc1ccc(N=Cc2ccc([N+](=O)[O-])cc2)cc1)c1ccc(N=Cc2ccc([N+](=O)[O-])cc2)cc1. The molecule has 1 N–H and O–H groups in total. The molecule has 0 saturated heterocycles. The second-order valence-electron chi connectivity index (χ2n) is 7.76. The number of rotatable bonds is 8. The Labute approximate surface area is 211 Å². The van der Waals surface area contributed by atoms with Crippen molar-refractivity contribution in [3.05, 3.63) is 134 Å². The molecule has 0 aromatic heterocycles. The van der Waals surface area contributed by atoms with Crippen LogP contribution in [0.1, 0.15) is 21.5 Å². The fourth-order valence-electron chi connectivity index (χ4n) is 3.20. The standard InChI is InChI=1S/C27H19N5O5/c33-27(21-5-7-22(8-6-21)28-17-19-1-13-25(14-2-19)31(34)35)30-24-11-9-23(10-12-24)29-18-20-3-15-26(16-4-20)32(36)37/h1-18H,(H,30,33). The molecular weight excluding hydrogens is 474 g/mol. The van der Waals surface area contributed by atoms with Crippen molar-refractivity contribution in [3.8, 4) is 0 Å². The highest BCUT2D eigenvalue weighted by molar-refractivity contribution is 6.04. The van der Waals surface area contributed by atoms with Gasteiger partial charge < -0.3 is 5.32 Å². The van der Waals surface area contributed by atoms with Crippen LogP contribution in [0.5, 0.6) is 0 Å². The van der Waals surface area contributed by atoms with Gasteiger partial charge in [0.15, 0.2) is 0 Å². The summed E-state index contributed by atoms with van der Waals surface area (Å²) in [6.45, 7) is 0. The summed E-state index contributed by atoms with van der Waals surface area (Å²) >= 11 is 0. The fraction of sp³-hybridized carbons (Fsp3) is 0. The van der Waals surface area contributed by atoms with Crippen molar-refractivity contribution < 1.29 is 14.6 Å². The molecule has 0 radical (unpaired) electrons. The lowest BCUT2D eigenvalue weighted by Gasteiger charge is -2.06. The van der Waals surface area contributed by atoms with Crippen LogP contribution in [-0.4, -0.2) is 28.2 Å². The molecule has 37 heavy (non-hydrogen) atoms. The zero-order chi connectivity index (χ0) is 26.2. The van der Waals surface area contributed by atoms with Gasteiger partial charge in [0.25, 0.3) is 17.3 Å². The van der Waals surface area contributed by atoms with Gasteiger partial charge in [-0.3, -0.25) is 35.0 Å². The predicted octanol–water partition coefficient (Wildman–Crippen LogP) is 6.26. The van der Waals surface area contributed by atoms with E-state index in [2.05, 4.69) is 15.3 Å². The van der Waals surface area contributed by atoms with Crippen molar-refractivity contribution >= 4 is 46.8 Å². The van der Waals surface area contributed by atoms with Crippen LogP contribution in [0, 0.1) is 20.2 Å². The van der Waals surface area contributed by atoms with Crippen LogP contribution in [0.3, 0.4) is 0 Å². The number of carbonyl (C=O) groups excluding carboxylic acids is 1. The van der Waals surface area contributed by atoms with Crippen LogP contribution in [-0.2, 0) is 0 Å². The molecule has 0 atom stereocenters. The van der Waals surface area contributed by atoms with Crippen LogP contribution >= 0.6 is 0 Å². The van der Waals surface area contributed by atoms with E-state index < -0.39 is 9.85 Å². The number of anilines is 1. The number of hydrogen-bond acceptors (Lipinski definition) is 7. The molecule has 0 unspecified atom stereocenters.